The van der Waals surface area contributed by atoms with Gasteiger partial charge in [-0.3, -0.25) is 9.59 Å². The molecule has 2 rings (SSSR count). The van der Waals surface area contributed by atoms with Gasteiger partial charge in [0.05, 0.1) is 31.0 Å². The summed E-state index contributed by atoms with van der Waals surface area (Å²) in [5.74, 6) is -1.90. The Morgan fingerprint density at radius 2 is 1.39 bits per heavy atom. The minimum absolute atomic E-state index is 0.0652. The van der Waals surface area contributed by atoms with Crippen molar-refractivity contribution in [2.75, 3.05) is 24.9 Å². The van der Waals surface area contributed by atoms with Gasteiger partial charge >= 0.3 is 11.9 Å². The highest BCUT2D eigenvalue weighted by Crippen LogP contribution is 2.21. The quantitative estimate of drug-likeness (QED) is 0.620. The van der Waals surface area contributed by atoms with Crippen molar-refractivity contribution >= 4 is 35.1 Å². The molecule has 8 nitrogen and oxygen atoms in total. The smallest absolute Gasteiger partial charge is 0.339 e. The molecule has 2 amide bonds. The van der Waals surface area contributed by atoms with E-state index in [-0.39, 0.29) is 28.6 Å². The van der Waals surface area contributed by atoms with E-state index >= 15 is 0 Å². The van der Waals surface area contributed by atoms with Crippen LogP contribution in [0.15, 0.2) is 42.5 Å². The first-order valence-corrected chi connectivity index (χ1v) is 9.87. The molecule has 0 unspecified atom stereocenters. The number of carbonyl (C=O) groups is 4. The number of anilines is 2. The Hall–Kier alpha value is -3.68. The van der Waals surface area contributed by atoms with Gasteiger partial charge in [-0.1, -0.05) is 13.8 Å². The molecule has 0 atom stereocenters. The summed E-state index contributed by atoms with van der Waals surface area (Å²) in [6.07, 6.45) is 1.49. The first-order valence-electron chi connectivity index (χ1n) is 9.87. The summed E-state index contributed by atoms with van der Waals surface area (Å²) in [4.78, 5) is 48.7. The van der Waals surface area contributed by atoms with Crippen molar-refractivity contribution < 1.29 is 28.7 Å². The van der Waals surface area contributed by atoms with E-state index in [1.165, 1.54) is 32.4 Å². The van der Waals surface area contributed by atoms with E-state index in [4.69, 9.17) is 4.74 Å². The van der Waals surface area contributed by atoms with E-state index < -0.39 is 17.8 Å². The van der Waals surface area contributed by atoms with Gasteiger partial charge in [-0.05, 0) is 55.3 Å². The number of ether oxygens (including phenoxy) is 2. The molecule has 0 aliphatic rings. The van der Waals surface area contributed by atoms with Crippen LogP contribution in [0.25, 0.3) is 0 Å². The third-order valence-corrected chi connectivity index (χ3v) is 4.87. The lowest BCUT2D eigenvalue weighted by atomic mass is 10.0. The lowest BCUT2D eigenvalue weighted by Crippen LogP contribution is -2.21. The van der Waals surface area contributed by atoms with Crippen LogP contribution in [-0.2, 0) is 14.3 Å². The van der Waals surface area contributed by atoms with Gasteiger partial charge in [-0.2, -0.15) is 0 Å². The lowest BCUT2D eigenvalue weighted by molar-refractivity contribution is -0.120. The predicted octanol–water partition coefficient (Wildman–Crippen LogP) is 3.89. The number of methoxy groups -OCH3 is 2. The number of hydrogen-bond donors (Lipinski definition) is 2. The van der Waals surface area contributed by atoms with Gasteiger partial charge < -0.3 is 20.1 Å². The van der Waals surface area contributed by atoms with Crippen molar-refractivity contribution in [1.29, 1.82) is 0 Å². The van der Waals surface area contributed by atoms with E-state index in [0.29, 0.717) is 11.3 Å². The molecule has 31 heavy (non-hydrogen) atoms. The highest BCUT2D eigenvalue weighted by Gasteiger charge is 2.18. The number of nitrogens with one attached hydrogen (secondary N) is 2. The fourth-order valence-electron chi connectivity index (χ4n) is 2.98. The van der Waals surface area contributed by atoms with Crippen LogP contribution in [0.5, 0.6) is 0 Å². The van der Waals surface area contributed by atoms with E-state index in [9.17, 15) is 19.2 Å². The number of esters is 2. The molecule has 0 aliphatic heterocycles. The largest absolute Gasteiger partial charge is 0.465 e. The monoisotopic (exact) mass is 426 g/mol. The van der Waals surface area contributed by atoms with Crippen LogP contribution in [0.1, 0.15) is 57.8 Å². The Morgan fingerprint density at radius 1 is 0.806 bits per heavy atom. The molecule has 0 aliphatic carbocycles. The maximum Gasteiger partial charge on any atom is 0.339 e. The molecule has 0 radical (unpaired) electrons. The molecule has 0 aromatic heterocycles. The fourth-order valence-corrected chi connectivity index (χ4v) is 2.98. The van der Waals surface area contributed by atoms with Crippen molar-refractivity contribution in [2.24, 2.45) is 5.92 Å². The Morgan fingerprint density at radius 3 is 1.94 bits per heavy atom. The van der Waals surface area contributed by atoms with Crippen molar-refractivity contribution in [2.45, 2.75) is 26.7 Å². The van der Waals surface area contributed by atoms with E-state index in [1.54, 1.807) is 24.3 Å². The minimum atomic E-state index is -0.661. The molecule has 0 fully saturated rings. The standard InChI is InChI=1S/C23H26N2O6/c1-5-14(6-2)20(26)24-17-10-7-15(8-11-17)21(27)25-19-13-16(22(28)30-3)9-12-18(19)23(29)31-4/h7-14H,5-6H2,1-4H3,(H,24,26)(H,25,27). The van der Waals surface area contributed by atoms with Gasteiger partial charge in [-0.15, -0.1) is 0 Å². The van der Waals surface area contributed by atoms with Crippen LogP contribution < -0.4 is 10.6 Å². The van der Waals surface area contributed by atoms with Crippen molar-refractivity contribution in [1.82, 2.24) is 0 Å². The van der Waals surface area contributed by atoms with Crippen LogP contribution >= 0.6 is 0 Å². The second-order valence-electron chi connectivity index (χ2n) is 6.78. The van der Waals surface area contributed by atoms with Crippen LogP contribution in [0, 0.1) is 5.92 Å². The zero-order valence-electron chi connectivity index (χ0n) is 18.0. The number of rotatable bonds is 8. The first kappa shape index (κ1) is 23.6. The minimum Gasteiger partial charge on any atom is -0.465 e. The number of amides is 2. The first-order chi connectivity index (χ1) is 14.8. The molecule has 0 spiro atoms. The van der Waals surface area contributed by atoms with E-state index in [1.807, 2.05) is 13.8 Å². The molecule has 2 N–H and O–H groups in total. The van der Waals surface area contributed by atoms with E-state index in [2.05, 4.69) is 15.4 Å². The van der Waals surface area contributed by atoms with Crippen molar-refractivity contribution in [3.05, 3.63) is 59.2 Å². The summed E-state index contributed by atoms with van der Waals surface area (Å²) >= 11 is 0. The summed E-state index contributed by atoms with van der Waals surface area (Å²) in [5, 5.41) is 5.46. The average molecular weight is 426 g/mol. The highest BCUT2D eigenvalue weighted by molar-refractivity contribution is 6.09. The molecule has 0 saturated carbocycles. The van der Waals surface area contributed by atoms with Gasteiger partial charge in [0.1, 0.15) is 0 Å². The molecule has 164 valence electrons. The molecule has 0 saturated heterocycles. The van der Waals surface area contributed by atoms with E-state index in [0.717, 1.165) is 12.8 Å². The molecule has 0 heterocycles. The Kier molecular flexibility index (Phi) is 8.31. The normalized spacial score (nSPS) is 10.4. The van der Waals surface area contributed by atoms with Gasteiger partial charge in [-0.25, -0.2) is 9.59 Å². The molecule has 0 bridgehead atoms. The third-order valence-electron chi connectivity index (χ3n) is 4.87. The maximum absolute atomic E-state index is 12.7. The van der Waals surface area contributed by atoms with Crippen molar-refractivity contribution in [3.63, 3.8) is 0 Å². The SMILES string of the molecule is CCC(CC)C(=O)Nc1ccc(C(=O)Nc2cc(C(=O)OC)ccc2C(=O)OC)cc1. The molecule has 2 aromatic rings. The van der Waals surface area contributed by atoms with Crippen LogP contribution in [0.4, 0.5) is 11.4 Å². The van der Waals surface area contributed by atoms with Gasteiger partial charge in [0.15, 0.2) is 0 Å². The lowest BCUT2D eigenvalue weighted by Gasteiger charge is -2.13. The molecule has 8 heteroatoms. The zero-order valence-corrected chi connectivity index (χ0v) is 18.0. The molecule has 2 aromatic carbocycles. The van der Waals surface area contributed by atoms with Crippen LogP contribution in [0.3, 0.4) is 0 Å². The summed E-state index contributed by atoms with van der Waals surface area (Å²) in [5.41, 5.74) is 1.27. The van der Waals surface area contributed by atoms with Crippen LogP contribution in [0.2, 0.25) is 0 Å². The van der Waals surface area contributed by atoms with Gasteiger partial charge in [0, 0.05) is 17.2 Å². The number of benzene rings is 2. The predicted molar refractivity (Wildman–Crippen MR) is 116 cm³/mol. The Labute approximate surface area is 180 Å². The highest BCUT2D eigenvalue weighted by atomic mass is 16.5. The third kappa shape index (κ3) is 5.91. The van der Waals surface area contributed by atoms with Gasteiger partial charge in [0.25, 0.3) is 5.91 Å². The Bertz CT molecular complexity index is 965. The molecular weight excluding hydrogens is 400 g/mol. The summed E-state index contributed by atoms with van der Waals surface area (Å²) < 4.78 is 9.42. The second-order valence-corrected chi connectivity index (χ2v) is 6.78. The second kappa shape index (κ2) is 10.9. The summed E-state index contributed by atoms with van der Waals surface area (Å²) in [6.45, 7) is 3.91. The van der Waals surface area contributed by atoms with Gasteiger partial charge in [0.2, 0.25) is 5.91 Å². The average Bonchev–Trinajstić information content (AvgIpc) is 2.79. The topological polar surface area (TPSA) is 111 Å². The zero-order chi connectivity index (χ0) is 23.0. The summed E-state index contributed by atoms with van der Waals surface area (Å²) in [7, 11) is 2.45. The maximum atomic E-state index is 12.7. The van der Waals surface area contributed by atoms with Crippen molar-refractivity contribution in [3.8, 4) is 0 Å². The molecular formula is C23H26N2O6. The number of carbonyl (C=O) groups excluding carboxylic acids is 4. The summed E-state index contributed by atoms with van der Waals surface area (Å²) in [6, 6.07) is 10.5. The Balaban J connectivity index is 2.21. The number of hydrogen-bond acceptors (Lipinski definition) is 6. The van der Waals surface area contributed by atoms with Crippen LogP contribution in [-0.4, -0.2) is 38.0 Å². The fraction of sp³-hybridized carbons (Fsp3) is 0.304.